The summed E-state index contributed by atoms with van der Waals surface area (Å²) in [5, 5.41) is 5.93. The molecule has 2 aromatic rings. The Morgan fingerprint density at radius 2 is 1.79 bits per heavy atom. The van der Waals surface area contributed by atoms with E-state index in [2.05, 4.69) is 68.6 Å². The number of fused-ring (bicyclic) bond motifs is 1. The molecule has 1 amide bonds. The number of nitrogens with zero attached hydrogens (tertiary/aromatic N) is 1. The van der Waals surface area contributed by atoms with Gasteiger partial charge in [-0.2, -0.15) is 0 Å². The smallest absolute Gasteiger partial charge is 0.236 e. The minimum Gasteiger partial charge on any atom is -0.341 e. The molecular formula is C21H28N2O. The van der Waals surface area contributed by atoms with E-state index >= 15 is 0 Å². The first kappa shape index (κ1) is 17.0. The molecule has 3 heteroatoms. The van der Waals surface area contributed by atoms with Gasteiger partial charge in [-0.1, -0.05) is 56.3 Å². The maximum Gasteiger partial charge on any atom is 0.236 e. The second-order valence-corrected chi connectivity index (χ2v) is 7.42. The fourth-order valence-electron chi connectivity index (χ4n) is 3.96. The molecule has 1 aliphatic rings. The third kappa shape index (κ3) is 3.78. The zero-order valence-electron chi connectivity index (χ0n) is 15.0. The molecule has 0 radical (unpaired) electrons. The largest absolute Gasteiger partial charge is 0.341 e. The maximum atomic E-state index is 12.6. The van der Waals surface area contributed by atoms with Gasteiger partial charge >= 0.3 is 0 Å². The van der Waals surface area contributed by atoms with Crippen LogP contribution in [0, 0.1) is 11.8 Å². The normalized spacial score (nSPS) is 22.5. The topological polar surface area (TPSA) is 32.3 Å². The van der Waals surface area contributed by atoms with Crippen LogP contribution in [0.3, 0.4) is 0 Å². The van der Waals surface area contributed by atoms with Crippen molar-refractivity contribution >= 4 is 16.7 Å². The van der Waals surface area contributed by atoms with Crippen molar-refractivity contribution in [3.05, 3.63) is 48.0 Å². The molecule has 0 saturated carbocycles. The number of benzene rings is 2. The van der Waals surface area contributed by atoms with Crippen molar-refractivity contribution in [2.24, 2.45) is 11.8 Å². The highest BCUT2D eigenvalue weighted by molar-refractivity contribution is 5.86. The molecule has 0 aromatic heterocycles. The van der Waals surface area contributed by atoms with E-state index in [1.165, 1.54) is 22.8 Å². The van der Waals surface area contributed by atoms with Crippen molar-refractivity contribution in [1.29, 1.82) is 0 Å². The maximum absolute atomic E-state index is 12.6. The Hall–Kier alpha value is -1.87. The van der Waals surface area contributed by atoms with E-state index < -0.39 is 0 Å². The number of amides is 1. The van der Waals surface area contributed by atoms with Gasteiger partial charge < -0.3 is 10.2 Å². The Bertz CT molecular complexity index is 697. The van der Waals surface area contributed by atoms with Crippen LogP contribution in [0.1, 0.15) is 38.8 Å². The zero-order chi connectivity index (χ0) is 17.1. The number of hydrogen-bond acceptors (Lipinski definition) is 2. The molecule has 3 atom stereocenters. The monoisotopic (exact) mass is 324 g/mol. The van der Waals surface area contributed by atoms with Crippen LogP contribution >= 0.6 is 0 Å². The Balaban J connectivity index is 1.64. The third-order valence-corrected chi connectivity index (χ3v) is 5.07. The van der Waals surface area contributed by atoms with E-state index in [9.17, 15) is 4.79 Å². The van der Waals surface area contributed by atoms with Crippen molar-refractivity contribution in [2.45, 2.75) is 33.2 Å². The Kier molecular flexibility index (Phi) is 5.20. The van der Waals surface area contributed by atoms with E-state index in [-0.39, 0.29) is 11.9 Å². The summed E-state index contributed by atoms with van der Waals surface area (Å²) >= 11 is 0. The summed E-state index contributed by atoms with van der Waals surface area (Å²) in [6.07, 6.45) is 1.23. The van der Waals surface area contributed by atoms with Gasteiger partial charge in [-0.25, -0.2) is 0 Å². The van der Waals surface area contributed by atoms with E-state index in [4.69, 9.17) is 0 Å². The molecule has 3 unspecified atom stereocenters. The molecule has 1 fully saturated rings. The van der Waals surface area contributed by atoms with Gasteiger partial charge in [0, 0.05) is 19.1 Å². The molecule has 0 spiro atoms. The summed E-state index contributed by atoms with van der Waals surface area (Å²) in [4.78, 5) is 14.6. The number of carbonyl (C=O) groups excluding carboxylic acids is 1. The molecule has 1 heterocycles. The van der Waals surface area contributed by atoms with Crippen LogP contribution in [-0.4, -0.2) is 30.4 Å². The van der Waals surface area contributed by atoms with Crippen molar-refractivity contribution in [3.63, 3.8) is 0 Å². The van der Waals surface area contributed by atoms with Crippen molar-refractivity contribution in [3.8, 4) is 0 Å². The average molecular weight is 324 g/mol. The van der Waals surface area contributed by atoms with Gasteiger partial charge in [0.2, 0.25) is 5.91 Å². The number of rotatable bonds is 4. The highest BCUT2D eigenvalue weighted by atomic mass is 16.2. The lowest BCUT2D eigenvalue weighted by Gasteiger charge is -2.35. The van der Waals surface area contributed by atoms with E-state index in [0.29, 0.717) is 18.4 Å². The van der Waals surface area contributed by atoms with Gasteiger partial charge in [-0.3, -0.25) is 4.79 Å². The summed E-state index contributed by atoms with van der Waals surface area (Å²) in [6.45, 7) is 8.81. The van der Waals surface area contributed by atoms with Crippen LogP contribution in [-0.2, 0) is 4.79 Å². The van der Waals surface area contributed by atoms with Crippen molar-refractivity contribution in [1.82, 2.24) is 10.2 Å². The van der Waals surface area contributed by atoms with Gasteiger partial charge in [-0.05, 0) is 41.5 Å². The Labute approximate surface area is 145 Å². The summed E-state index contributed by atoms with van der Waals surface area (Å²) in [5.74, 6) is 1.43. The molecule has 3 nitrogen and oxygen atoms in total. The summed E-state index contributed by atoms with van der Waals surface area (Å²) in [7, 11) is 0. The standard InChI is InChI=1S/C21H28N2O/c1-15-11-16(2)14-23(13-15)21(24)12-22-17(3)19-10-6-8-18-7-4-5-9-20(18)19/h4-10,15-17,22H,11-14H2,1-3H3. The zero-order valence-corrected chi connectivity index (χ0v) is 15.0. The minimum atomic E-state index is 0.152. The van der Waals surface area contributed by atoms with Gasteiger partial charge in [0.1, 0.15) is 0 Å². The second-order valence-electron chi connectivity index (χ2n) is 7.42. The van der Waals surface area contributed by atoms with Crippen LogP contribution in [0.4, 0.5) is 0 Å². The molecule has 1 N–H and O–H groups in total. The first-order valence-corrected chi connectivity index (χ1v) is 9.03. The molecule has 1 saturated heterocycles. The molecule has 0 bridgehead atoms. The molecule has 3 rings (SSSR count). The van der Waals surface area contributed by atoms with Gasteiger partial charge in [-0.15, -0.1) is 0 Å². The molecule has 24 heavy (non-hydrogen) atoms. The summed E-state index contributed by atoms with van der Waals surface area (Å²) < 4.78 is 0. The number of piperidine rings is 1. The Morgan fingerprint density at radius 1 is 1.12 bits per heavy atom. The Morgan fingerprint density at radius 3 is 2.54 bits per heavy atom. The highest BCUT2D eigenvalue weighted by Gasteiger charge is 2.25. The van der Waals surface area contributed by atoms with Crippen LogP contribution in [0.2, 0.25) is 0 Å². The van der Waals surface area contributed by atoms with Crippen molar-refractivity contribution in [2.75, 3.05) is 19.6 Å². The molecule has 1 aliphatic heterocycles. The van der Waals surface area contributed by atoms with Crippen LogP contribution < -0.4 is 5.32 Å². The van der Waals surface area contributed by atoms with Crippen LogP contribution in [0.15, 0.2) is 42.5 Å². The number of nitrogens with one attached hydrogen (secondary N) is 1. The first-order valence-electron chi connectivity index (χ1n) is 9.03. The van der Waals surface area contributed by atoms with Crippen LogP contribution in [0.25, 0.3) is 10.8 Å². The summed E-state index contributed by atoms with van der Waals surface area (Å²) in [6, 6.07) is 14.9. The first-order chi connectivity index (χ1) is 11.5. The number of carbonyl (C=O) groups is 1. The van der Waals surface area contributed by atoms with Gasteiger partial charge in [0.05, 0.1) is 6.54 Å². The lowest BCUT2D eigenvalue weighted by Crippen LogP contribution is -2.46. The fourth-order valence-corrected chi connectivity index (χ4v) is 3.96. The molecule has 2 aromatic carbocycles. The number of likely N-dealkylation sites (tertiary alicyclic amines) is 1. The predicted molar refractivity (Wildman–Crippen MR) is 99.9 cm³/mol. The molecular weight excluding hydrogens is 296 g/mol. The second kappa shape index (κ2) is 7.35. The van der Waals surface area contributed by atoms with Crippen molar-refractivity contribution < 1.29 is 4.79 Å². The SMILES string of the molecule is CC1CC(C)CN(C(=O)CNC(C)c2cccc3ccccc23)C1. The third-order valence-electron chi connectivity index (χ3n) is 5.07. The lowest BCUT2D eigenvalue weighted by molar-refractivity contribution is -0.133. The molecule has 128 valence electrons. The average Bonchev–Trinajstić information content (AvgIpc) is 2.58. The fraction of sp³-hybridized carbons (Fsp3) is 0.476. The van der Waals surface area contributed by atoms with E-state index in [0.717, 1.165) is 13.1 Å². The number of hydrogen-bond donors (Lipinski definition) is 1. The minimum absolute atomic E-state index is 0.152. The van der Waals surface area contributed by atoms with E-state index in [1.54, 1.807) is 0 Å². The van der Waals surface area contributed by atoms with E-state index in [1.807, 2.05) is 4.90 Å². The highest BCUT2D eigenvalue weighted by Crippen LogP contribution is 2.24. The molecule has 0 aliphatic carbocycles. The van der Waals surface area contributed by atoms with Gasteiger partial charge in [0.25, 0.3) is 0 Å². The quantitative estimate of drug-likeness (QED) is 0.922. The van der Waals surface area contributed by atoms with Crippen LogP contribution in [0.5, 0.6) is 0 Å². The van der Waals surface area contributed by atoms with Gasteiger partial charge in [0.15, 0.2) is 0 Å². The summed E-state index contributed by atoms with van der Waals surface area (Å²) in [5.41, 5.74) is 1.25. The lowest BCUT2D eigenvalue weighted by atomic mass is 9.92. The predicted octanol–water partition coefficient (Wildman–Crippen LogP) is 3.99.